The molecule has 1 aromatic rings. The summed E-state index contributed by atoms with van der Waals surface area (Å²) in [4.78, 5) is 24.1. The number of esters is 1. The van der Waals surface area contributed by atoms with Crippen LogP contribution in [0.4, 0.5) is 10.5 Å². The average molecular weight is 316 g/mol. The fourth-order valence-electron chi connectivity index (χ4n) is 2.15. The Hall–Kier alpha value is -2.30. The first-order valence-corrected chi connectivity index (χ1v) is 8.12. The number of hydrogen-bond acceptors (Lipinski definition) is 3. The first kappa shape index (κ1) is 17.1. The predicted molar refractivity (Wildman–Crippen MR) is 90.3 cm³/mol. The second-order valence-corrected chi connectivity index (χ2v) is 5.80. The van der Waals surface area contributed by atoms with E-state index in [1.54, 1.807) is 30.5 Å². The van der Waals surface area contributed by atoms with Crippen LogP contribution in [0, 0.1) is 5.92 Å². The highest BCUT2D eigenvalue weighted by atomic mass is 16.5. The number of carbonyl (C=O) groups is 2. The number of anilines is 1. The van der Waals surface area contributed by atoms with Crippen molar-refractivity contribution in [2.75, 3.05) is 11.9 Å². The van der Waals surface area contributed by atoms with Gasteiger partial charge in [0.25, 0.3) is 0 Å². The van der Waals surface area contributed by atoms with E-state index in [0.29, 0.717) is 23.8 Å². The average Bonchev–Trinajstić information content (AvgIpc) is 3.38. The summed E-state index contributed by atoms with van der Waals surface area (Å²) < 4.78 is 5.21. The smallest absolute Gasteiger partial charge is 0.340 e. The number of para-hydroxylation sites is 1. The third-order valence-corrected chi connectivity index (χ3v) is 3.78. The van der Waals surface area contributed by atoms with E-state index in [1.165, 1.54) is 18.4 Å². The van der Waals surface area contributed by atoms with Crippen LogP contribution in [0.3, 0.4) is 0 Å². The Morgan fingerprint density at radius 2 is 2.04 bits per heavy atom. The molecule has 1 aliphatic carbocycles. The van der Waals surface area contributed by atoms with E-state index < -0.39 is 5.97 Å². The van der Waals surface area contributed by atoms with E-state index >= 15 is 0 Å². The molecule has 0 unspecified atom stereocenters. The molecule has 5 nitrogen and oxygen atoms in total. The number of carbonyl (C=O) groups excluding carboxylic acids is 2. The third kappa shape index (κ3) is 5.43. The number of rotatable bonds is 7. The van der Waals surface area contributed by atoms with Gasteiger partial charge in [-0.15, -0.1) is 0 Å². The van der Waals surface area contributed by atoms with Gasteiger partial charge in [-0.1, -0.05) is 31.1 Å². The molecule has 1 aliphatic rings. The highest BCUT2D eigenvalue weighted by molar-refractivity contribution is 6.01. The molecule has 0 radical (unpaired) electrons. The number of ether oxygens (including phenoxy) is 1. The molecular formula is C18H24N2O3. The highest BCUT2D eigenvalue weighted by Crippen LogP contribution is 2.35. The van der Waals surface area contributed by atoms with Crippen LogP contribution < -0.4 is 10.6 Å². The molecule has 0 aromatic heterocycles. The Balaban J connectivity index is 1.94. The maximum atomic E-state index is 12.1. The molecule has 2 N–H and O–H groups in total. The van der Waals surface area contributed by atoms with Gasteiger partial charge in [0.15, 0.2) is 0 Å². The largest absolute Gasteiger partial charge is 0.462 e. The Bertz CT molecular complexity index is 592. The molecule has 0 saturated heterocycles. The van der Waals surface area contributed by atoms with Crippen molar-refractivity contribution in [3.8, 4) is 0 Å². The number of urea groups is 1. The zero-order chi connectivity index (χ0) is 16.7. The van der Waals surface area contributed by atoms with Crippen LogP contribution in [0.5, 0.6) is 0 Å². The van der Waals surface area contributed by atoms with Crippen molar-refractivity contribution in [1.82, 2.24) is 5.32 Å². The van der Waals surface area contributed by atoms with Crippen molar-refractivity contribution in [3.05, 3.63) is 41.6 Å². The zero-order valence-corrected chi connectivity index (χ0v) is 13.7. The Morgan fingerprint density at radius 3 is 2.74 bits per heavy atom. The van der Waals surface area contributed by atoms with Gasteiger partial charge in [0, 0.05) is 6.20 Å². The molecular weight excluding hydrogens is 292 g/mol. The van der Waals surface area contributed by atoms with Gasteiger partial charge in [0.2, 0.25) is 0 Å². The van der Waals surface area contributed by atoms with Gasteiger partial charge in [0.05, 0.1) is 17.9 Å². The molecule has 1 saturated carbocycles. The van der Waals surface area contributed by atoms with Crippen molar-refractivity contribution in [3.63, 3.8) is 0 Å². The van der Waals surface area contributed by atoms with Gasteiger partial charge in [-0.3, -0.25) is 0 Å². The molecule has 23 heavy (non-hydrogen) atoms. The van der Waals surface area contributed by atoms with Crippen LogP contribution in [0.1, 0.15) is 49.9 Å². The SMILES string of the molecule is CCCCOC(=O)c1ccccc1NC(=O)N/C=C(\C)C1CC1. The van der Waals surface area contributed by atoms with Gasteiger partial charge in [-0.25, -0.2) is 9.59 Å². The zero-order valence-electron chi connectivity index (χ0n) is 13.7. The van der Waals surface area contributed by atoms with Crippen LogP contribution in [-0.2, 0) is 4.74 Å². The van der Waals surface area contributed by atoms with E-state index in [1.807, 2.05) is 13.8 Å². The summed E-state index contributed by atoms with van der Waals surface area (Å²) in [6.07, 6.45) is 5.90. The van der Waals surface area contributed by atoms with E-state index in [0.717, 1.165) is 12.8 Å². The minimum atomic E-state index is -0.418. The van der Waals surface area contributed by atoms with Crippen LogP contribution in [0.15, 0.2) is 36.0 Å². The quantitative estimate of drug-likeness (QED) is 0.588. The number of amides is 2. The number of hydrogen-bond donors (Lipinski definition) is 2. The standard InChI is InChI=1S/C18H24N2O3/c1-3-4-11-23-17(21)15-7-5-6-8-16(15)20-18(22)19-12-13(2)14-9-10-14/h5-8,12,14H,3-4,9-11H2,1-2H3,(H2,19,20,22)/b13-12+. The lowest BCUT2D eigenvalue weighted by Gasteiger charge is -2.11. The van der Waals surface area contributed by atoms with Crippen LogP contribution in [0.2, 0.25) is 0 Å². The number of allylic oxidation sites excluding steroid dienone is 1. The molecule has 0 spiro atoms. The number of nitrogens with one attached hydrogen (secondary N) is 2. The molecule has 0 aliphatic heterocycles. The summed E-state index contributed by atoms with van der Waals surface area (Å²) in [7, 11) is 0. The maximum absolute atomic E-state index is 12.1. The topological polar surface area (TPSA) is 67.4 Å². The first-order valence-electron chi connectivity index (χ1n) is 8.12. The summed E-state index contributed by atoms with van der Waals surface area (Å²) in [5, 5.41) is 5.41. The van der Waals surface area contributed by atoms with Crippen LogP contribution in [-0.4, -0.2) is 18.6 Å². The van der Waals surface area contributed by atoms with Crippen molar-refractivity contribution in [1.29, 1.82) is 0 Å². The lowest BCUT2D eigenvalue weighted by atomic mass is 10.2. The molecule has 0 heterocycles. The lowest BCUT2D eigenvalue weighted by molar-refractivity contribution is 0.0501. The molecule has 0 atom stereocenters. The van der Waals surface area contributed by atoms with E-state index in [4.69, 9.17) is 4.74 Å². The van der Waals surface area contributed by atoms with Crippen LogP contribution >= 0.6 is 0 Å². The summed E-state index contributed by atoms with van der Waals surface area (Å²) >= 11 is 0. The fraction of sp³-hybridized carbons (Fsp3) is 0.444. The Morgan fingerprint density at radius 1 is 1.30 bits per heavy atom. The summed E-state index contributed by atoms with van der Waals surface area (Å²) in [6, 6.07) is 6.49. The van der Waals surface area contributed by atoms with Crippen molar-refractivity contribution in [2.45, 2.75) is 39.5 Å². The predicted octanol–water partition coefficient (Wildman–Crippen LogP) is 4.08. The van der Waals surface area contributed by atoms with Crippen LogP contribution in [0.25, 0.3) is 0 Å². The Kier molecular flexibility index (Phi) is 6.20. The lowest BCUT2D eigenvalue weighted by Crippen LogP contribution is -2.25. The highest BCUT2D eigenvalue weighted by Gasteiger charge is 2.23. The minimum absolute atomic E-state index is 0.362. The van der Waals surface area contributed by atoms with E-state index in [9.17, 15) is 9.59 Å². The maximum Gasteiger partial charge on any atom is 0.340 e. The normalized spacial score (nSPS) is 14.3. The molecule has 1 aromatic carbocycles. The van der Waals surface area contributed by atoms with Gasteiger partial charge in [-0.05, 0) is 44.2 Å². The summed E-state index contributed by atoms with van der Waals surface area (Å²) in [5.41, 5.74) is 1.98. The summed E-state index contributed by atoms with van der Waals surface area (Å²) in [5.74, 6) is 0.190. The second-order valence-electron chi connectivity index (χ2n) is 5.80. The van der Waals surface area contributed by atoms with Gasteiger partial charge < -0.3 is 15.4 Å². The molecule has 124 valence electrons. The Labute approximate surface area is 137 Å². The van der Waals surface area contributed by atoms with Crippen molar-refractivity contribution < 1.29 is 14.3 Å². The molecule has 2 rings (SSSR count). The third-order valence-electron chi connectivity index (χ3n) is 3.78. The summed E-state index contributed by atoms with van der Waals surface area (Å²) in [6.45, 7) is 4.43. The number of benzene rings is 1. The molecule has 1 fully saturated rings. The second kappa shape index (κ2) is 8.36. The van der Waals surface area contributed by atoms with Gasteiger partial charge in [0.1, 0.15) is 0 Å². The van der Waals surface area contributed by atoms with Crippen molar-refractivity contribution >= 4 is 17.7 Å². The van der Waals surface area contributed by atoms with E-state index in [-0.39, 0.29) is 6.03 Å². The number of unbranched alkanes of at least 4 members (excludes halogenated alkanes) is 1. The fourth-order valence-corrected chi connectivity index (χ4v) is 2.15. The van der Waals surface area contributed by atoms with Gasteiger partial charge >= 0.3 is 12.0 Å². The monoisotopic (exact) mass is 316 g/mol. The molecule has 2 amide bonds. The van der Waals surface area contributed by atoms with Gasteiger partial charge in [-0.2, -0.15) is 0 Å². The van der Waals surface area contributed by atoms with Crippen molar-refractivity contribution in [2.24, 2.45) is 5.92 Å². The first-order chi connectivity index (χ1) is 11.1. The van der Waals surface area contributed by atoms with E-state index in [2.05, 4.69) is 10.6 Å². The minimum Gasteiger partial charge on any atom is -0.462 e. The molecule has 5 heteroatoms. The molecule has 0 bridgehead atoms.